The lowest BCUT2D eigenvalue weighted by atomic mass is 9.97. The van der Waals surface area contributed by atoms with Gasteiger partial charge in [-0.1, -0.05) is 20.8 Å². The second-order valence-electron chi connectivity index (χ2n) is 6.65. The minimum absolute atomic E-state index is 0.0397. The van der Waals surface area contributed by atoms with E-state index in [2.05, 4.69) is 5.10 Å². The van der Waals surface area contributed by atoms with E-state index in [9.17, 15) is 9.59 Å². The first kappa shape index (κ1) is 14.8. The number of hydrogen-bond acceptors (Lipinski definition) is 4. The van der Waals surface area contributed by atoms with E-state index in [1.807, 2.05) is 34.6 Å². The van der Waals surface area contributed by atoms with Gasteiger partial charge < -0.3 is 9.32 Å². The standard InChI is InChI=1S/C14H23N3O3/c1-9(2)16-8-6-7-10(11(16)18)17-13(19)20-12(15-17)14(3,4)5/h9-10H,6-8H2,1-5H3. The van der Waals surface area contributed by atoms with Crippen LogP contribution in [0, 0.1) is 0 Å². The highest BCUT2D eigenvalue weighted by molar-refractivity contribution is 5.81. The van der Waals surface area contributed by atoms with Crippen molar-refractivity contribution in [1.82, 2.24) is 14.7 Å². The van der Waals surface area contributed by atoms with Crippen LogP contribution in [-0.2, 0) is 10.2 Å². The first-order valence-electron chi connectivity index (χ1n) is 7.12. The largest absolute Gasteiger partial charge is 0.437 e. The van der Waals surface area contributed by atoms with Crippen LogP contribution in [0.3, 0.4) is 0 Å². The van der Waals surface area contributed by atoms with E-state index in [0.717, 1.165) is 13.0 Å². The quantitative estimate of drug-likeness (QED) is 0.827. The normalized spacial score (nSPS) is 20.8. The number of likely N-dealkylation sites (tertiary alicyclic amines) is 1. The molecule has 2 rings (SSSR count). The third-order valence-corrected chi connectivity index (χ3v) is 3.57. The average Bonchev–Trinajstić information content (AvgIpc) is 2.71. The molecule has 2 heterocycles. The smallest absolute Gasteiger partial charge is 0.392 e. The zero-order chi connectivity index (χ0) is 15.1. The van der Waals surface area contributed by atoms with Gasteiger partial charge in [-0.15, -0.1) is 5.10 Å². The SMILES string of the molecule is CC(C)N1CCCC(n2nc(C(C)(C)C)oc2=O)C1=O. The van der Waals surface area contributed by atoms with E-state index >= 15 is 0 Å². The van der Waals surface area contributed by atoms with Crippen molar-refractivity contribution in [3.05, 3.63) is 16.4 Å². The Labute approximate surface area is 118 Å². The number of nitrogens with zero attached hydrogens (tertiary/aromatic N) is 3. The van der Waals surface area contributed by atoms with Crippen LogP contribution in [0.2, 0.25) is 0 Å². The summed E-state index contributed by atoms with van der Waals surface area (Å²) in [6.45, 7) is 10.5. The summed E-state index contributed by atoms with van der Waals surface area (Å²) in [7, 11) is 0. The van der Waals surface area contributed by atoms with Gasteiger partial charge in [0.25, 0.3) is 0 Å². The minimum atomic E-state index is -0.543. The highest BCUT2D eigenvalue weighted by Gasteiger charge is 2.35. The van der Waals surface area contributed by atoms with Crippen LogP contribution in [0.1, 0.15) is 59.4 Å². The Hall–Kier alpha value is -1.59. The Kier molecular flexibility index (Phi) is 3.75. The lowest BCUT2D eigenvalue weighted by Gasteiger charge is -2.34. The minimum Gasteiger partial charge on any atom is -0.392 e. The first-order chi connectivity index (χ1) is 9.21. The van der Waals surface area contributed by atoms with Crippen LogP contribution in [0.25, 0.3) is 0 Å². The van der Waals surface area contributed by atoms with Crippen molar-refractivity contribution < 1.29 is 9.21 Å². The van der Waals surface area contributed by atoms with Crippen molar-refractivity contribution >= 4 is 5.91 Å². The molecule has 6 nitrogen and oxygen atoms in total. The highest BCUT2D eigenvalue weighted by atomic mass is 16.4. The maximum absolute atomic E-state index is 12.5. The average molecular weight is 281 g/mol. The molecule has 1 aromatic rings. The number of hydrogen-bond donors (Lipinski definition) is 0. The molecule has 0 spiro atoms. The molecule has 0 radical (unpaired) electrons. The number of carbonyl (C=O) groups is 1. The molecule has 0 bridgehead atoms. The fraction of sp³-hybridized carbons (Fsp3) is 0.786. The monoisotopic (exact) mass is 281 g/mol. The molecular formula is C14H23N3O3. The first-order valence-corrected chi connectivity index (χ1v) is 7.12. The highest BCUT2D eigenvalue weighted by Crippen LogP contribution is 2.25. The number of piperidine rings is 1. The van der Waals surface area contributed by atoms with Crippen molar-refractivity contribution in [3.8, 4) is 0 Å². The summed E-state index contributed by atoms with van der Waals surface area (Å²) in [5, 5.41) is 4.24. The molecule has 1 unspecified atom stereocenters. The maximum atomic E-state index is 12.5. The van der Waals surface area contributed by atoms with Crippen LogP contribution >= 0.6 is 0 Å². The van der Waals surface area contributed by atoms with Crippen LogP contribution in [0.15, 0.2) is 9.21 Å². The zero-order valence-electron chi connectivity index (χ0n) is 12.8. The molecule has 1 aromatic heterocycles. The summed E-state index contributed by atoms with van der Waals surface area (Å²) in [5.74, 6) is -0.210. The molecule has 1 aliphatic heterocycles. The molecule has 1 amide bonds. The summed E-state index contributed by atoms with van der Waals surface area (Å²) in [6, 6.07) is -0.395. The van der Waals surface area contributed by atoms with Crippen molar-refractivity contribution in [1.29, 1.82) is 0 Å². The number of amides is 1. The second-order valence-corrected chi connectivity index (χ2v) is 6.65. The Morgan fingerprint density at radius 1 is 1.30 bits per heavy atom. The van der Waals surface area contributed by atoms with Crippen LogP contribution in [0.4, 0.5) is 0 Å². The fourth-order valence-corrected chi connectivity index (χ4v) is 2.41. The van der Waals surface area contributed by atoms with Crippen molar-refractivity contribution in [3.63, 3.8) is 0 Å². The molecule has 1 saturated heterocycles. The van der Waals surface area contributed by atoms with E-state index in [1.165, 1.54) is 4.68 Å². The third kappa shape index (κ3) is 2.64. The summed E-state index contributed by atoms with van der Waals surface area (Å²) in [5.41, 5.74) is -0.347. The number of aromatic nitrogens is 2. The van der Waals surface area contributed by atoms with Gasteiger partial charge in [0.15, 0.2) is 0 Å². The Morgan fingerprint density at radius 3 is 2.45 bits per heavy atom. The Balaban J connectivity index is 2.34. The summed E-state index contributed by atoms with van der Waals surface area (Å²) in [6.07, 6.45) is 1.51. The summed E-state index contributed by atoms with van der Waals surface area (Å²) in [4.78, 5) is 26.2. The number of rotatable bonds is 2. The zero-order valence-corrected chi connectivity index (χ0v) is 12.8. The molecule has 112 valence electrons. The molecule has 1 aliphatic rings. The summed E-state index contributed by atoms with van der Waals surface area (Å²) < 4.78 is 6.42. The maximum Gasteiger partial charge on any atom is 0.437 e. The third-order valence-electron chi connectivity index (χ3n) is 3.57. The fourth-order valence-electron chi connectivity index (χ4n) is 2.41. The van der Waals surface area contributed by atoms with E-state index < -0.39 is 11.8 Å². The van der Waals surface area contributed by atoms with Gasteiger partial charge in [-0.05, 0) is 26.7 Å². The van der Waals surface area contributed by atoms with Crippen molar-refractivity contribution in [2.24, 2.45) is 0 Å². The molecule has 0 aromatic carbocycles. The van der Waals surface area contributed by atoms with Gasteiger partial charge in [0, 0.05) is 18.0 Å². The van der Waals surface area contributed by atoms with Gasteiger partial charge in [0.1, 0.15) is 6.04 Å². The number of carbonyl (C=O) groups excluding carboxylic acids is 1. The van der Waals surface area contributed by atoms with Crippen LogP contribution in [0.5, 0.6) is 0 Å². The molecule has 20 heavy (non-hydrogen) atoms. The molecule has 6 heteroatoms. The predicted molar refractivity (Wildman–Crippen MR) is 74.6 cm³/mol. The Morgan fingerprint density at radius 2 is 1.95 bits per heavy atom. The van der Waals surface area contributed by atoms with Gasteiger partial charge in [0.05, 0.1) is 0 Å². The second kappa shape index (κ2) is 5.07. The van der Waals surface area contributed by atoms with Crippen LogP contribution in [-0.4, -0.2) is 33.2 Å². The molecular weight excluding hydrogens is 258 g/mol. The lowest BCUT2D eigenvalue weighted by molar-refractivity contribution is -0.139. The molecule has 1 atom stereocenters. The molecule has 0 aliphatic carbocycles. The van der Waals surface area contributed by atoms with Gasteiger partial charge in [0.2, 0.25) is 11.8 Å². The van der Waals surface area contributed by atoms with Crippen LogP contribution < -0.4 is 5.76 Å². The topological polar surface area (TPSA) is 68.3 Å². The molecule has 1 fully saturated rings. The van der Waals surface area contributed by atoms with Gasteiger partial charge >= 0.3 is 5.76 Å². The van der Waals surface area contributed by atoms with Crippen molar-refractivity contribution in [2.45, 2.75) is 65.0 Å². The van der Waals surface area contributed by atoms with E-state index in [-0.39, 0.29) is 17.4 Å². The molecule has 0 saturated carbocycles. The van der Waals surface area contributed by atoms with E-state index in [4.69, 9.17) is 4.42 Å². The lowest BCUT2D eigenvalue weighted by Crippen LogP contribution is -2.47. The predicted octanol–water partition coefficient (Wildman–Crippen LogP) is 1.71. The summed E-state index contributed by atoms with van der Waals surface area (Å²) >= 11 is 0. The van der Waals surface area contributed by atoms with E-state index in [0.29, 0.717) is 12.3 Å². The van der Waals surface area contributed by atoms with Gasteiger partial charge in [-0.3, -0.25) is 4.79 Å². The van der Waals surface area contributed by atoms with Gasteiger partial charge in [-0.2, -0.15) is 4.68 Å². The Bertz CT molecular complexity index is 551. The van der Waals surface area contributed by atoms with Gasteiger partial charge in [-0.25, -0.2) is 4.79 Å². The van der Waals surface area contributed by atoms with E-state index in [1.54, 1.807) is 4.90 Å². The van der Waals surface area contributed by atoms with Crippen molar-refractivity contribution in [2.75, 3.05) is 6.54 Å². The molecule has 0 N–H and O–H groups in total.